The lowest BCUT2D eigenvalue weighted by molar-refractivity contribution is 0.240. The highest BCUT2D eigenvalue weighted by atomic mass is 32.1. The first-order valence-corrected chi connectivity index (χ1v) is 8.54. The highest BCUT2D eigenvalue weighted by Crippen LogP contribution is 2.11. The second-order valence-electron chi connectivity index (χ2n) is 5.02. The van der Waals surface area contributed by atoms with Crippen LogP contribution in [0, 0.1) is 5.82 Å². The number of carbonyl (C=O) groups excluding carboxylic acids is 1. The maximum atomic E-state index is 12.7. The van der Waals surface area contributed by atoms with E-state index < -0.39 is 0 Å². The largest absolute Gasteiger partial charge is 0.494 e. The van der Waals surface area contributed by atoms with E-state index in [0.29, 0.717) is 25.4 Å². The number of unbranched alkanes of at least 4 members (excludes halogenated alkanes) is 1. The van der Waals surface area contributed by atoms with Gasteiger partial charge in [0.15, 0.2) is 0 Å². The molecule has 0 spiro atoms. The zero-order chi connectivity index (χ0) is 16.3. The first kappa shape index (κ1) is 17.3. The lowest BCUT2D eigenvalue weighted by Crippen LogP contribution is -2.37. The molecular weight excluding hydrogens is 315 g/mol. The molecule has 23 heavy (non-hydrogen) atoms. The summed E-state index contributed by atoms with van der Waals surface area (Å²) in [6.45, 7) is 1.80. The van der Waals surface area contributed by atoms with Crippen molar-refractivity contribution in [2.75, 3.05) is 19.7 Å². The highest BCUT2D eigenvalue weighted by molar-refractivity contribution is 7.09. The van der Waals surface area contributed by atoms with Gasteiger partial charge < -0.3 is 15.4 Å². The Hall–Kier alpha value is -2.08. The van der Waals surface area contributed by atoms with Crippen LogP contribution in [0.15, 0.2) is 41.8 Å². The molecule has 2 N–H and O–H groups in total. The standard InChI is InChI=1S/C17H21FN2O2S/c18-14-5-7-15(8-6-14)22-12-2-1-10-19-17(21)20-11-9-16-4-3-13-23-16/h3-8,13H,1-2,9-12H2,(H2,19,20,21). The van der Waals surface area contributed by atoms with Gasteiger partial charge in [-0.25, -0.2) is 9.18 Å². The molecule has 2 amide bonds. The third-order valence-electron chi connectivity index (χ3n) is 3.18. The predicted octanol–water partition coefficient (Wildman–Crippen LogP) is 3.59. The number of carbonyl (C=O) groups is 1. The molecular formula is C17H21FN2O2S. The Morgan fingerprint density at radius 2 is 1.87 bits per heavy atom. The molecule has 0 fully saturated rings. The van der Waals surface area contributed by atoms with Crippen molar-refractivity contribution in [1.82, 2.24) is 10.6 Å². The van der Waals surface area contributed by atoms with Gasteiger partial charge in [0, 0.05) is 18.0 Å². The van der Waals surface area contributed by atoms with Crippen molar-refractivity contribution < 1.29 is 13.9 Å². The van der Waals surface area contributed by atoms with E-state index >= 15 is 0 Å². The van der Waals surface area contributed by atoms with Crippen LogP contribution >= 0.6 is 11.3 Å². The number of amides is 2. The molecule has 0 aliphatic heterocycles. The normalized spacial score (nSPS) is 10.3. The van der Waals surface area contributed by atoms with Gasteiger partial charge in [-0.15, -0.1) is 11.3 Å². The van der Waals surface area contributed by atoms with E-state index in [4.69, 9.17) is 4.74 Å². The van der Waals surface area contributed by atoms with Crippen molar-refractivity contribution in [1.29, 1.82) is 0 Å². The minimum atomic E-state index is -0.272. The lowest BCUT2D eigenvalue weighted by atomic mass is 10.3. The summed E-state index contributed by atoms with van der Waals surface area (Å²) in [5.41, 5.74) is 0. The molecule has 1 heterocycles. The minimum absolute atomic E-state index is 0.138. The number of benzene rings is 1. The van der Waals surface area contributed by atoms with E-state index in [0.717, 1.165) is 19.3 Å². The molecule has 0 aliphatic rings. The van der Waals surface area contributed by atoms with Crippen LogP contribution in [-0.2, 0) is 6.42 Å². The van der Waals surface area contributed by atoms with Crippen LogP contribution in [0.4, 0.5) is 9.18 Å². The molecule has 0 radical (unpaired) electrons. The Morgan fingerprint density at radius 1 is 1.09 bits per heavy atom. The second-order valence-corrected chi connectivity index (χ2v) is 6.05. The summed E-state index contributed by atoms with van der Waals surface area (Å²) in [7, 11) is 0. The van der Waals surface area contributed by atoms with Crippen LogP contribution in [0.5, 0.6) is 5.75 Å². The Labute approximate surface area is 139 Å². The summed E-state index contributed by atoms with van der Waals surface area (Å²) in [4.78, 5) is 12.8. The summed E-state index contributed by atoms with van der Waals surface area (Å²) in [6.07, 6.45) is 2.52. The van der Waals surface area contributed by atoms with Crippen molar-refractivity contribution in [2.45, 2.75) is 19.3 Å². The Bertz CT molecular complexity index is 573. The molecule has 0 unspecified atom stereocenters. The molecule has 0 bridgehead atoms. The molecule has 0 aliphatic carbocycles. The van der Waals surface area contributed by atoms with Crippen LogP contribution in [0.2, 0.25) is 0 Å². The van der Waals surface area contributed by atoms with Crippen molar-refractivity contribution in [3.63, 3.8) is 0 Å². The third kappa shape index (κ3) is 7.15. The third-order valence-corrected chi connectivity index (χ3v) is 4.11. The SMILES string of the molecule is O=C(NCCCCOc1ccc(F)cc1)NCCc1cccs1. The fourth-order valence-electron chi connectivity index (χ4n) is 1.97. The molecule has 0 atom stereocenters. The molecule has 1 aromatic heterocycles. The number of rotatable bonds is 9. The van der Waals surface area contributed by atoms with E-state index in [1.165, 1.54) is 17.0 Å². The summed E-state index contributed by atoms with van der Waals surface area (Å²) in [5, 5.41) is 7.68. The van der Waals surface area contributed by atoms with Crippen molar-refractivity contribution >= 4 is 17.4 Å². The maximum Gasteiger partial charge on any atom is 0.314 e. The van der Waals surface area contributed by atoms with E-state index in [9.17, 15) is 9.18 Å². The number of nitrogens with one attached hydrogen (secondary N) is 2. The Kier molecular flexibility index (Phi) is 7.39. The first-order valence-electron chi connectivity index (χ1n) is 7.66. The van der Waals surface area contributed by atoms with Gasteiger partial charge in [0.25, 0.3) is 0 Å². The van der Waals surface area contributed by atoms with Crippen LogP contribution in [-0.4, -0.2) is 25.7 Å². The van der Waals surface area contributed by atoms with Gasteiger partial charge in [0.2, 0.25) is 0 Å². The number of urea groups is 1. The Balaban J connectivity index is 1.45. The van der Waals surface area contributed by atoms with Crippen molar-refractivity contribution in [3.8, 4) is 5.75 Å². The molecule has 6 heteroatoms. The van der Waals surface area contributed by atoms with Crippen LogP contribution in [0.1, 0.15) is 17.7 Å². The van der Waals surface area contributed by atoms with Crippen LogP contribution in [0.25, 0.3) is 0 Å². The highest BCUT2D eigenvalue weighted by Gasteiger charge is 2.00. The van der Waals surface area contributed by atoms with Crippen molar-refractivity contribution in [3.05, 3.63) is 52.5 Å². The molecule has 0 saturated carbocycles. The van der Waals surface area contributed by atoms with E-state index in [-0.39, 0.29) is 11.8 Å². The predicted molar refractivity (Wildman–Crippen MR) is 90.6 cm³/mol. The lowest BCUT2D eigenvalue weighted by Gasteiger charge is -2.08. The molecule has 2 aromatic rings. The fourth-order valence-corrected chi connectivity index (χ4v) is 2.68. The summed E-state index contributed by atoms with van der Waals surface area (Å²) >= 11 is 1.69. The van der Waals surface area contributed by atoms with Gasteiger partial charge in [-0.3, -0.25) is 0 Å². The molecule has 1 aromatic carbocycles. The number of thiophene rings is 1. The summed E-state index contributed by atoms with van der Waals surface area (Å²) in [6, 6.07) is 9.89. The van der Waals surface area contributed by atoms with Gasteiger partial charge in [-0.2, -0.15) is 0 Å². The van der Waals surface area contributed by atoms with E-state index in [1.54, 1.807) is 23.5 Å². The average molecular weight is 336 g/mol. The molecule has 124 valence electrons. The number of ether oxygens (including phenoxy) is 1. The van der Waals surface area contributed by atoms with Gasteiger partial charge in [-0.05, 0) is 55.0 Å². The zero-order valence-corrected chi connectivity index (χ0v) is 13.7. The Morgan fingerprint density at radius 3 is 2.61 bits per heavy atom. The average Bonchev–Trinajstić information content (AvgIpc) is 3.06. The molecule has 4 nitrogen and oxygen atoms in total. The number of halogens is 1. The van der Waals surface area contributed by atoms with Gasteiger partial charge in [-0.1, -0.05) is 6.07 Å². The first-order chi connectivity index (χ1) is 11.2. The maximum absolute atomic E-state index is 12.7. The van der Waals surface area contributed by atoms with Gasteiger partial charge >= 0.3 is 6.03 Å². The van der Waals surface area contributed by atoms with Crippen LogP contribution in [0.3, 0.4) is 0 Å². The van der Waals surface area contributed by atoms with Gasteiger partial charge in [0.1, 0.15) is 11.6 Å². The number of hydrogen-bond acceptors (Lipinski definition) is 3. The van der Waals surface area contributed by atoms with Gasteiger partial charge in [0.05, 0.1) is 6.61 Å². The summed E-state index contributed by atoms with van der Waals surface area (Å²) < 4.78 is 18.2. The van der Waals surface area contributed by atoms with E-state index in [2.05, 4.69) is 16.7 Å². The second kappa shape index (κ2) is 9.84. The van der Waals surface area contributed by atoms with Crippen molar-refractivity contribution in [2.24, 2.45) is 0 Å². The minimum Gasteiger partial charge on any atom is -0.494 e. The molecule has 2 rings (SSSR count). The number of hydrogen-bond donors (Lipinski definition) is 2. The monoisotopic (exact) mass is 336 g/mol. The quantitative estimate of drug-likeness (QED) is 0.688. The summed E-state index contributed by atoms with van der Waals surface area (Å²) in [5.74, 6) is 0.386. The topological polar surface area (TPSA) is 50.4 Å². The fraction of sp³-hybridized carbons (Fsp3) is 0.353. The molecule has 0 saturated heterocycles. The zero-order valence-electron chi connectivity index (χ0n) is 12.9. The smallest absolute Gasteiger partial charge is 0.314 e. The van der Waals surface area contributed by atoms with Crippen LogP contribution < -0.4 is 15.4 Å². The van der Waals surface area contributed by atoms with E-state index in [1.807, 2.05) is 11.4 Å².